The molecular weight excluding hydrogens is 494 g/mol. The Morgan fingerprint density at radius 2 is 1.86 bits per heavy atom. The van der Waals surface area contributed by atoms with Crippen molar-refractivity contribution in [3.8, 4) is 0 Å². The van der Waals surface area contributed by atoms with Gasteiger partial charge in [-0.05, 0) is 42.3 Å². The molecule has 7 nitrogen and oxygen atoms in total. The first kappa shape index (κ1) is 24.5. The zero-order chi connectivity index (χ0) is 25.2. The Balaban J connectivity index is 1.33. The molecule has 0 unspecified atom stereocenters. The van der Waals surface area contributed by atoms with Crippen LogP contribution < -0.4 is 5.32 Å². The molecule has 3 aromatic rings. The molecule has 2 aliphatic heterocycles. The lowest BCUT2D eigenvalue weighted by atomic mass is 10.0. The third kappa shape index (κ3) is 4.91. The SMILES string of the molecule is COC(=O)c1c(NC(=O)c2ccc([C@@H]3SCC(=O)N3Cc3ccccc3)cc2)sc2c1CCN(C)C2. The van der Waals surface area contributed by atoms with Crippen LogP contribution in [-0.4, -0.2) is 54.0 Å². The lowest BCUT2D eigenvalue weighted by Gasteiger charge is -2.24. The lowest BCUT2D eigenvalue weighted by Crippen LogP contribution is -2.27. The number of hydrogen-bond donors (Lipinski definition) is 1. The van der Waals surface area contributed by atoms with Gasteiger partial charge in [0, 0.05) is 30.1 Å². The van der Waals surface area contributed by atoms with Crippen molar-refractivity contribution in [3.63, 3.8) is 0 Å². The van der Waals surface area contributed by atoms with E-state index in [0.29, 0.717) is 28.4 Å². The number of anilines is 1. The summed E-state index contributed by atoms with van der Waals surface area (Å²) in [5.74, 6) is -0.161. The van der Waals surface area contributed by atoms with Crippen molar-refractivity contribution >= 4 is 45.9 Å². The highest BCUT2D eigenvalue weighted by Gasteiger charge is 2.33. The second kappa shape index (κ2) is 10.5. The van der Waals surface area contributed by atoms with Crippen LogP contribution >= 0.6 is 23.1 Å². The standard InChI is InChI=1S/C27H27N3O4S2/c1-29-13-12-20-21(15-29)36-25(23(20)27(33)34-2)28-24(32)18-8-10-19(11-9-18)26-30(22(31)16-35-26)14-17-6-4-3-5-7-17/h3-11,26H,12-16H2,1-2H3,(H,28,32)/t26-/m0/s1. The average molecular weight is 522 g/mol. The van der Waals surface area contributed by atoms with E-state index in [-0.39, 0.29) is 17.2 Å². The Hall–Kier alpha value is -3.14. The molecule has 1 aromatic heterocycles. The van der Waals surface area contributed by atoms with Crippen LogP contribution in [0.25, 0.3) is 0 Å². The molecule has 186 valence electrons. The predicted octanol–water partition coefficient (Wildman–Crippen LogP) is 4.55. The number of benzene rings is 2. The van der Waals surface area contributed by atoms with Gasteiger partial charge in [0.1, 0.15) is 10.4 Å². The molecule has 0 aliphatic carbocycles. The maximum absolute atomic E-state index is 13.1. The van der Waals surface area contributed by atoms with Gasteiger partial charge in [0.2, 0.25) is 5.91 Å². The Labute approximate surface area is 218 Å². The van der Waals surface area contributed by atoms with Crippen LogP contribution in [0.4, 0.5) is 5.00 Å². The number of methoxy groups -OCH3 is 1. The highest BCUT2D eigenvalue weighted by atomic mass is 32.2. The summed E-state index contributed by atoms with van der Waals surface area (Å²) in [4.78, 5) is 43.3. The molecule has 0 spiro atoms. The Kier molecular flexibility index (Phi) is 7.13. The van der Waals surface area contributed by atoms with Crippen LogP contribution in [-0.2, 0) is 29.0 Å². The third-order valence-electron chi connectivity index (χ3n) is 6.49. The van der Waals surface area contributed by atoms with E-state index in [9.17, 15) is 14.4 Å². The molecule has 1 saturated heterocycles. The van der Waals surface area contributed by atoms with Gasteiger partial charge in [-0.3, -0.25) is 9.59 Å². The maximum Gasteiger partial charge on any atom is 0.341 e. The summed E-state index contributed by atoms with van der Waals surface area (Å²) in [7, 11) is 3.40. The van der Waals surface area contributed by atoms with E-state index in [1.807, 2.05) is 54.4 Å². The van der Waals surface area contributed by atoms with E-state index < -0.39 is 5.97 Å². The van der Waals surface area contributed by atoms with Crippen LogP contribution in [0, 0.1) is 0 Å². The monoisotopic (exact) mass is 521 g/mol. The number of carbonyl (C=O) groups is 3. The van der Waals surface area contributed by atoms with E-state index in [1.165, 1.54) is 18.4 Å². The summed E-state index contributed by atoms with van der Waals surface area (Å²) in [6.07, 6.45) is 0.745. The van der Waals surface area contributed by atoms with Gasteiger partial charge in [0.15, 0.2) is 0 Å². The summed E-state index contributed by atoms with van der Waals surface area (Å²) in [6, 6.07) is 17.3. The smallest absolute Gasteiger partial charge is 0.341 e. The Bertz CT molecular complexity index is 1290. The number of nitrogens with one attached hydrogen (secondary N) is 1. The zero-order valence-corrected chi connectivity index (χ0v) is 21.8. The quantitative estimate of drug-likeness (QED) is 0.480. The molecular formula is C27H27N3O4S2. The molecule has 1 atom stereocenters. The molecule has 36 heavy (non-hydrogen) atoms. The van der Waals surface area contributed by atoms with Gasteiger partial charge < -0.3 is 19.9 Å². The minimum atomic E-state index is -0.427. The summed E-state index contributed by atoms with van der Waals surface area (Å²) < 4.78 is 5.02. The molecule has 1 N–H and O–H groups in total. The van der Waals surface area contributed by atoms with Crippen LogP contribution in [0.2, 0.25) is 0 Å². The number of rotatable bonds is 6. The van der Waals surface area contributed by atoms with Crippen LogP contribution in [0.5, 0.6) is 0 Å². The first-order valence-electron chi connectivity index (χ1n) is 11.7. The fourth-order valence-electron chi connectivity index (χ4n) is 4.59. The molecule has 3 heterocycles. The fraction of sp³-hybridized carbons (Fsp3) is 0.296. The van der Waals surface area contributed by atoms with E-state index in [1.54, 1.807) is 23.9 Å². The zero-order valence-electron chi connectivity index (χ0n) is 20.2. The van der Waals surface area contributed by atoms with E-state index in [2.05, 4.69) is 10.2 Å². The number of thiophene rings is 1. The van der Waals surface area contributed by atoms with Gasteiger partial charge >= 0.3 is 5.97 Å². The minimum Gasteiger partial charge on any atom is -0.465 e. The van der Waals surface area contributed by atoms with Crippen molar-refractivity contribution in [2.45, 2.75) is 24.9 Å². The first-order valence-corrected chi connectivity index (χ1v) is 13.6. The van der Waals surface area contributed by atoms with Crippen molar-refractivity contribution in [2.24, 2.45) is 0 Å². The highest BCUT2D eigenvalue weighted by molar-refractivity contribution is 8.00. The predicted molar refractivity (Wildman–Crippen MR) is 142 cm³/mol. The molecule has 2 aliphatic rings. The van der Waals surface area contributed by atoms with E-state index in [0.717, 1.165) is 41.1 Å². The summed E-state index contributed by atoms with van der Waals surface area (Å²) >= 11 is 3.03. The molecule has 9 heteroatoms. The van der Waals surface area contributed by atoms with Gasteiger partial charge in [-0.2, -0.15) is 0 Å². The van der Waals surface area contributed by atoms with Gasteiger partial charge in [0.05, 0.1) is 18.4 Å². The number of fused-ring (bicyclic) bond motifs is 1. The summed E-state index contributed by atoms with van der Waals surface area (Å²) in [5.41, 5.74) is 3.98. The number of likely N-dealkylation sites (N-methyl/N-ethyl adjacent to an activating group) is 1. The topological polar surface area (TPSA) is 78.9 Å². The Morgan fingerprint density at radius 1 is 1.11 bits per heavy atom. The molecule has 2 amide bonds. The van der Waals surface area contributed by atoms with Crippen LogP contribution in [0.3, 0.4) is 0 Å². The average Bonchev–Trinajstić information content (AvgIpc) is 3.43. The Morgan fingerprint density at radius 3 is 2.58 bits per heavy atom. The molecule has 0 bridgehead atoms. The van der Waals surface area contributed by atoms with Gasteiger partial charge in [-0.25, -0.2) is 4.79 Å². The summed E-state index contributed by atoms with van der Waals surface area (Å²) in [6.45, 7) is 2.14. The summed E-state index contributed by atoms with van der Waals surface area (Å²) in [5, 5.41) is 3.38. The van der Waals surface area contributed by atoms with Gasteiger partial charge in [-0.1, -0.05) is 42.5 Å². The molecule has 0 saturated carbocycles. The van der Waals surface area contributed by atoms with Gasteiger partial charge in [-0.15, -0.1) is 23.1 Å². The number of carbonyl (C=O) groups excluding carboxylic acids is 3. The number of esters is 1. The normalized spacial score (nSPS) is 17.7. The minimum absolute atomic E-state index is 0.0956. The lowest BCUT2D eigenvalue weighted by molar-refractivity contribution is -0.128. The molecule has 1 fully saturated rings. The molecule has 0 radical (unpaired) electrons. The number of hydrogen-bond acceptors (Lipinski definition) is 7. The second-order valence-corrected chi connectivity index (χ2v) is 11.1. The van der Waals surface area contributed by atoms with Crippen molar-refractivity contribution in [2.75, 3.05) is 31.8 Å². The largest absolute Gasteiger partial charge is 0.465 e. The van der Waals surface area contributed by atoms with Crippen LogP contribution in [0.15, 0.2) is 54.6 Å². The van der Waals surface area contributed by atoms with Gasteiger partial charge in [0.25, 0.3) is 5.91 Å². The third-order valence-corrected chi connectivity index (χ3v) is 8.87. The van der Waals surface area contributed by atoms with Crippen LogP contribution in [0.1, 0.15) is 47.7 Å². The van der Waals surface area contributed by atoms with E-state index >= 15 is 0 Å². The highest BCUT2D eigenvalue weighted by Crippen LogP contribution is 2.40. The first-order chi connectivity index (χ1) is 17.4. The van der Waals surface area contributed by atoms with Crippen molar-refractivity contribution < 1.29 is 19.1 Å². The second-order valence-electron chi connectivity index (χ2n) is 8.93. The fourth-order valence-corrected chi connectivity index (χ4v) is 7.09. The molecule has 5 rings (SSSR count). The molecule has 2 aromatic carbocycles. The number of thioether (sulfide) groups is 1. The number of nitrogens with zero attached hydrogens (tertiary/aromatic N) is 2. The van der Waals surface area contributed by atoms with Crippen molar-refractivity contribution in [3.05, 3.63) is 87.3 Å². The van der Waals surface area contributed by atoms with Crippen molar-refractivity contribution in [1.82, 2.24) is 9.80 Å². The van der Waals surface area contributed by atoms with Crippen molar-refractivity contribution in [1.29, 1.82) is 0 Å². The maximum atomic E-state index is 13.1. The van der Waals surface area contributed by atoms with E-state index in [4.69, 9.17) is 4.74 Å². The number of ether oxygens (including phenoxy) is 1. The number of amides is 2.